The van der Waals surface area contributed by atoms with Gasteiger partial charge in [0.05, 0.1) is 6.17 Å². The molecule has 1 saturated heterocycles. The van der Waals surface area contributed by atoms with Crippen LogP contribution in [0, 0.1) is 0 Å². The summed E-state index contributed by atoms with van der Waals surface area (Å²) in [5, 5.41) is 13.7. The van der Waals surface area contributed by atoms with Crippen molar-refractivity contribution < 1.29 is 9.90 Å². The first-order valence-electron chi connectivity index (χ1n) is 3.67. The van der Waals surface area contributed by atoms with Crippen LogP contribution in [0.5, 0.6) is 0 Å². The molecule has 0 bridgehead atoms. The number of nitrogens with one attached hydrogen (secondary N) is 2. The lowest BCUT2D eigenvalue weighted by molar-refractivity contribution is 0.182. The van der Waals surface area contributed by atoms with Crippen molar-refractivity contribution >= 4 is 6.09 Å². The molecule has 1 aliphatic rings. The number of amides is 1. The van der Waals surface area contributed by atoms with Gasteiger partial charge in [-0.15, -0.1) is 0 Å². The van der Waals surface area contributed by atoms with Crippen LogP contribution in [0.2, 0.25) is 0 Å². The standard InChI is InChI=1S/C6H13N3O2/c7-4-1-2-8-5(3-4)9-6(10)11/h4-5,8-9H,1-3,7H2,(H,10,11). The minimum Gasteiger partial charge on any atom is -0.465 e. The number of rotatable bonds is 1. The molecule has 1 rings (SSSR count). The summed E-state index contributed by atoms with van der Waals surface area (Å²) in [6, 6.07) is 0.119. The Morgan fingerprint density at radius 3 is 3.00 bits per heavy atom. The van der Waals surface area contributed by atoms with Gasteiger partial charge in [0.2, 0.25) is 0 Å². The number of hydrogen-bond acceptors (Lipinski definition) is 3. The van der Waals surface area contributed by atoms with Gasteiger partial charge in [0.25, 0.3) is 0 Å². The third-order valence-electron chi connectivity index (χ3n) is 1.74. The van der Waals surface area contributed by atoms with Crippen molar-refractivity contribution in [3.8, 4) is 0 Å². The van der Waals surface area contributed by atoms with Crippen molar-refractivity contribution in [1.82, 2.24) is 10.6 Å². The molecular weight excluding hydrogens is 146 g/mol. The molecule has 0 aromatic rings. The minimum atomic E-state index is -1.00. The lowest BCUT2D eigenvalue weighted by Gasteiger charge is -2.27. The van der Waals surface area contributed by atoms with Crippen molar-refractivity contribution in [3.05, 3.63) is 0 Å². The van der Waals surface area contributed by atoms with Crippen LogP contribution in [0.3, 0.4) is 0 Å². The van der Waals surface area contributed by atoms with Gasteiger partial charge < -0.3 is 16.2 Å². The zero-order chi connectivity index (χ0) is 8.27. The second kappa shape index (κ2) is 3.54. The highest BCUT2D eigenvalue weighted by Crippen LogP contribution is 2.03. The lowest BCUT2D eigenvalue weighted by Crippen LogP contribution is -2.52. The highest BCUT2D eigenvalue weighted by Gasteiger charge is 2.19. The van der Waals surface area contributed by atoms with Gasteiger partial charge in [-0.2, -0.15) is 0 Å². The molecule has 1 heterocycles. The van der Waals surface area contributed by atoms with Gasteiger partial charge in [-0.1, -0.05) is 0 Å². The molecule has 5 heteroatoms. The van der Waals surface area contributed by atoms with E-state index in [0.29, 0.717) is 6.42 Å². The highest BCUT2D eigenvalue weighted by atomic mass is 16.4. The zero-order valence-electron chi connectivity index (χ0n) is 6.21. The van der Waals surface area contributed by atoms with E-state index in [1.807, 2.05) is 0 Å². The summed E-state index contributed by atoms with van der Waals surface area (Å²) in [7, 11) is 0. The number of nitrogens with two attached hydrogens (primary N) is 1. The fourth-order valence-corrected chi connectivity index (χ4v) is 1.21. The van der Waals surface area contributed by atoms with Gasteiger partial charge >= 0.3 is 6.09 Å². The Hall–Kier alpha value is -0.810. The van der Waals surface area contributed by atoms with Crippen molar-refractivity contribution in [2.24, 2.45) is 5.73 Å². The van der Waals surface area contributed by atoms with Crippen LogP contribution in [-0.4, -0.2) is 30.0 Å². The maximum absolute atomic E-state index is 10.2. The summed E-state index contributed by atoms with van der Waals surface area (Å²) >= 11 is 0. The summed E-state index contributed by atoms with van der Waals surface area (Å²) in [6.07, 6.45) is 0.414. The highest BCUT2D eigenvalue weighted by molar-refractivity contribution is 5.64. The van der Waals surface area contributed by atoms with E-state index in [0.717, 1.165) is 13.0 Å². The Morgan fingerprint density at radius 1 is 1.73 bits per heavy atom. The topological polar surface area (TPSA) is 87.4 Å². The normalized spacial score (nSPS) is 31.4. The first-order chi connectivity index (χ1) is 5.18. The molecule has 0 saturated carbocycles. The van der Waals surface area contributed by atoms with E-state index in [2.05, 4.69) is 10.6 Å². The van der Waals surface area contributed by atoms with E-state index in [1.165, 1.54) is 0 Å². The second-order valence-corrected chi connectivity index (χ2v) is 2.74. The molecule has 11 heavy (non-hydrogen) atoms. The van der Waals surface area contributed by atoms with Crippen LogP contribution in [-0.2, 0) is 0 Å². The van der Waals surface area contributed by atoms with Gasteiger partial charge in [-0.25, -0.2) is 4.79 Å². The quantitative estimate of drug-likeness (QED) is 0.407. The molecule has 64 valence electrons. The molecule has 2 unspecified atom stereocenters. The number of piperidine rings is 1. The SMILES string of the molecule is NC1CCNC(NC(=O)O)C1. The molecule has 1 aliphatic heterocycles. The van der Waals surface area contributed by atoms with Crippen LogP contribution in [0.15, 0.2) is 0 Å². The predicted molar refractivity (Wildman–Crippen MR) is 40.2 cm³/mol. The van der Waals surface area contributed by atoms with E-state index in [1.54, 1.807) is 0 Å². The van der Waals surface area contributed by atoms with Crippen LogP contribution in [0.25, 0.3) is 0 Å². The summed E-state index contributed by atoms with van der Waals surface area (Å²) < 4.78 is 0. The first-order valence-corrected chi connectivity index (χ1v) is 3.67. The fourth-order valence-electron chi connectivity index (χ4n) is 1.21. The number of carboxylic acid groups (broad SMARTS) is 1. The first kappa shape index (κ1) is 8.29. The molecule has 0 aliphatic carbocycles. The Kier molecular flexibility index (Phi) is 2.67. The van der Waals surface area contributed by atoms with Crippen LogP contribution in [0.4, 0.5) is 4.79 Å². The van der Waals surface area contributed by atoms with Crippen molar-refractivity contribution in [3.63, 3.8) is 0 Å². The predicted octanol–water partition coefficient (Wildman–Crippen LogP) is -0.709. The Labute approximate surface area is 65.0 Å². The summed E-state index contributed by atoms with van der Waals surface area (Å²) in [5.41, 5.74) is 5.63. The van der Waals surface area contributed by atoms with Crippen LogP contribution in [0.1, 0.15) is 12.8 Å². The summed E-state index contributed by atoms with van der Waals surface area (Å²) in [4.78, 5) is 10.2. The Bertz CT molecular complexity index is 151. The Balaban J connectivity index is 2.28. The molecule has 1 amide bonds. The van der Waals surface area contributed by atoms with E-state index in [9.17, 15) is 4.79 Å². The van der Waals surface area contributed by atoms with Crippen molar-refractivity contribution in [1.29, 1.82) is 0 Å². The van der Waals surface area contributed by atoms with Gasteiger partial charge in [0.15, 0.2) is 0 Å². The van der Waals surface area contributed by atoms with Crippen molar-refractivity contribution in [2.75, 3.05) is 6.54 Å². The maximum atomic E-state index is 10.2. The van der Waals surface area contributed by atoms with Gasteiger partial charge in [-0.3, -0.25) is 5.32 Å². The Morgan fingerprint density at radius 2 is 2.45 bits per heavy atom. The largest absolute Gasteiger partial charge is 0.465 e. The maximum Gasteiger partial charge on any atom is 0.405 e. The lowest BCUT2D eigenvalue weighted by atomic mass is 10.1. The van der Waals surface area contributed by atoms with E-state index in [4.69, 9.17) is 10.8 Å². The molecule has 0 spiro atoms. The molecule has 5 N–H and O–H groups in total. The minimum absolute atomic E-state index is 0.119. The average Bonchev–Trinajstić information content (AvgIpc) is 1.85. The van der Waals surface area contributed by atoms with E-state index >= 15 is 0 Å². The summed E-state index contributed by atoms with van der Waals surface area (Å²) in [5.74, 6) is 0. The molecule has 0 aromatic carbocycles. The molecular formula is C6H13N3O2. The van der Waals surface area contributed by atoms with Gasteiger partial charge in [0, 0.05) is 6.04 Å². The van der Waals surface area contributed by atoms with Crippen LogP contribution < -0.4 is 16.4 Å². The van der Waals surface area contributed by atoms with Crippen LogP contribution >= 0.6 is 0 Å². The number of carbonyl (C=O) groups is 1. The van der Waals surface area contributed by atoms with Crippen molar-refractivity contribution in [2.45, 2.75) is 25.0 Å². The monoisotopic (exact) mass is 159 g/mol. The van der Waals surface area contributed by atoms with E-state index < -0.39 is 6.09 Å². The molecule has 5 nitrogen and oxygen atoms in total. The summed E-state index contributed by atoms with van der Waals surface area (Å²) in [6.45, 7) is 0.784. The third kappa shape index (κ3) is 2.73. The number of hydrogen-bond donors (Lipinski definition) is 4. The molecule has 2 atom stereocenters. The molecule has 0 radical (unpaired) electrons. The fraction of sp³-hybridized carbons (Fsp3) is 0.833. The average molecular weight is 159 g/mol. The zero-order valence-corrected chi connectivity index (χ0v) is 6.21. The third-order valence-corrected chi connectivity index (χ3v) is 1.74. The smallest absolute Gasteiger partial charge is 0.405 e. The van der Waals surface area contributed by atoms with Gasteiger partial charge in [0.1, 0.15) is 0 Å². The van der Waals surface area contributed by atoms with Gasteiger partial charge in [-0.05, 0) is 19.4 Å². The van der Waals surface area contributed by atoms with E-state index in [-0.39, 0.29) is 12.2 Å². The molecule has 0 aromatic heterocycles. The molecule has 1 fully saturated rings. The second-order valence-electron chi connectivity index (χ2n) is 2.74.